The lowest BCUT2D eigenvalue weighted by molar-refractivity contribution is -0.274. The number of halogens is 4. The number of carbonyl (C=O) groups is 1. The molecule has 0 atom stereocenters. The zero-order valence-corrected chi connectivity index (χ0v) is 26.6. The van der Waals surface area contributed by atoms with Crippen molar-refractivity contribution >= 4 is 45.9 Å². The molecule has 14 heteroatoms. The molecule has 0 spiro atoms. The van der Waals surface area contributed by atoms with Gasteiger partial charge in [0.1, 0.15) is 17.9 Å². The first-order valence-corrected chi connectivity index (χ1v) is 15.8. The van der Waals surface area contributed by atoms with Gasteiger partial charge in [0.05, 0.1) is 17.1 Å². The smallest absolute Gasteiger partial charge is 0.406 e. The topological polar surface area (TPSA) is 84.6 Å². The molecular formula is C32H30F4N6O2S2. The number of amidine groups is 1. The van der Waals surface area contributed by atoms with E-state index in [1.165, 1.54) is 64.1 Å². The van der Waals surface area contributed by atoms with Crippen molar-refractivity contribution in [1.82, 2.24) is 20.1 Å². The predicted molar refractivity (Wildman–Crippen MR) is 175 cm³/mol. The summed E-state index contributed by atoms with van der Waals surface area (Å²) in [6, 6.07) is 17.7. The minimum Gasteiger partial charge on any atom is -0.406 e. The number of thiocarbonyl (C=S) groups is 1. The Bertz CT molecular complexity index is 1720. The highest BCUT2D eigenvalue weighted by molar-refractivity contribution is 8.15. The highest BCUT2D eigenvalue weighted by atomic mass is 32.2. The van der Waals surface area contributed by atoms with Gasteiger partial charge < -0.3 is 10.1 Å². The lowest BCUT2D eigenvalue weighted by atomic mass is 10.0. The Morgan fingerprint density at radius 2 is 1.83 bits per heavy atom. The van der Waals surface area contributed by atoms with Crippen molar-refractivity contribution in [3.8, 4) is 22.8 Å². The number of aryl methyl sites for hydroxylation is 1. The molecule has 2 heterocycles. The first kappa shape index (κ1) is 33.1. The number of thioether (sulfide) groups is 1. The van der Waals surface area contributed by atoms with Crippen LogP contribution in [0.5, 0.6) is 5.75 Å². The van der Waals surface area contributed by atoms with Crippen molar-refractivity contribution in [1.29, 1.82) is 0 Å². The molecule has 240 valence electrons. The first-order chi connectivity index (χ1) is 22.0. The largest absolute Gasteiger partial charge is 0.573 e. The van der Waals surface area contributed by atoms with Crippen molar-refractivity contribution in [3.05, 3.63) is 90.0 Å². The van der Waals surface area contributed by atoms with Gasteiger partial charge in [-0.2, -0.15) is 4.99 Å². The van der Waals surface area contributed by atoms with Gasteiger partial charge in [-0.1, -0.05) is 49.9 Å². The fraction of sp³-hybridized carbons (Fsp3) is 0.281. The number of alkyl halides is 3. The Morgan fingerprint density at radius 3 is 2.52 bits per heavy atom. The Morgan fingerprint density at radius 1 is 1.09 bits per heavy atom. The molecule has 0 radical (unpaired) electrons. The summed E-state index contributed by atoms with van der Waals surface area (Å²) < 4.78 is 56.5. The molecule has 1 amide bonds. The summed E-state index contributed by atoms with van der Waals surface area (Å²) in [6.07, 6.45) is -0.660. The van der Waals surface area contributed by atoms with Gasteiger partial charge in [-0.25, -0.2) is 14.1 Å². The first-order valence-electron chi connectivity index (χ1n) is 14.5. The Kier molecular flexibility index (Phi) is 10.4. The monoisotopic (exact) mass is 670 g/mol. The molecule has 1 aliphatic heterocycles. The van der Waals surface area contributed by atoms with E-state index in [2.05, 4.69) is 25.1 Å². The summed E-state index contributed by atoms with van der Waals surface area (Å²) >= 11 is 6.73. The van der Waals surface area contributed by atoms with E-state index >= 15 is 0 Å². The number of rotatable bonds is 10. The molecule has 0 unspecified atom stereocenters. The number of aliphatic imine (C=N–C) groups is 1. The van der Waals surface area contributed by atoms with Gasteiger partial charge in [0.2, 0.25) is 5.91 Å². The second-order valence-electron chi connectivity index (χ2n) is 10.7. The van der Waals surface area contributed by atoms with Crippen LogP contribution in [0.1, 0.15) is 43.7 Å². The van der Waals surface area contributed by atoms with Crippen molar-refractivity contribution < 1.29 is 27.1 Å². The van der Waals surface area contributed by atoms with Gasteiger partial charge in [0.15, 0.2) is 16.1 Å². The van der Waals surface area contributed by atoms with E-state index in [1.54, 1.807) is 6.07 Å². The lowest BCUT2D eigenvalue weighted by Crippen LogP contribution is -2.32. The molecule has 8 nitrogen and oxygen atoms in total. The molecule has 46 heavy (non-hydrogen) atoms. The number of amides is 1. The van der Waals surface area contributed by atoms with Crippen LogP contribution in [0.2, 0.25) is 0 Å². The fourth-order valence-electron chi connectivity index (χ4n) is 4.79. The van der Waals surface area contributed by atoms with E-state index in [-0.39, 0.29) is 34.3 Å². The zero-order valence-electron chi connectivity index (χ0n) is 24.9. The van der Waals surface area contributed by atoms with Crippen LogP contribution in [0.25, 0.3) is 17.1 Å². The van der Waals surface area contributed by atoms with E-state index in [0.717, 1.165) is 36.0 Å². The molecule has 5 rings (SSSR count). The van der Waals surface area contributed by atoms with Crippen molar-refractivity contribution in [2.75, 3.05) is 17.2 Å². The summed E-state index contributed by atoms with van der Waals surface area (Å²) in [5.74, 6) is -0.0336. The molecule has 1 N–H and O–H groups in total. The highest BCUT2D eigenvalue weighted by Gasteiger charge is 2.32. The van der Waals surface area contributed by atoms with Crippen LogP contribution in [0.3, 0.4) is 0 Å². The van der Waals surface area contributed by atoms with Gasteiger partial charge in [0, 0.05) is 12.1 Å². The predicted octanol–water partition coefficient (Wildman–Crippen LogP) is 7.43. The van der Waals surface area contributed by atoms with Crippen molar-refractivity contribution in [2.24, 2.45) is 4.99 Å². The molecule has 4 aromatic rings. The van der Waals surface area contributed by atoms with E-state index < -0.39 is 6.36 Å². The van der Waals surface area contributed by atoms with E-state index in [0.29, 0.717) is 28.9 Å². The summed E-state index contributed by atoms with van der Waals surface area (Å²) in [7, 11) is 0. The minimum atomic E-state index is -4.75. The number of benzene rings is 3. The number of ether oxygens (including phenoxy) is 1. The zero-order chi connectivity index (χ0) is 32.8. The average Bonchev–Trinajstić information content (AvgIpc) is 3.64. The summed E-state index contributed by atoms with van der Waals surface area (Å²) in [4.78, 5) is 23.0. The Hall–Kier alpha value is -4.30. The van der Waals surface area contributed by atoms with Crippen LogP contribution in [-0.4, -0.2) is 49.6 Å². The number of aromatic nitrogens is 3. The van der Waals surface area contributed by atoms with Gasteiger partial charge in [-0.15, -0.1) is 18.3 Å². The quantitative estimate of drug-likeness (QED) is 0.107. The molecular weight excluding hydrogens is 641 g/mol. The number of hydrogen-bond acceptors (Lipinski definition) is 6. The van der Waals surface area contributed by atoms with E-state index in [1.807, 2.05) is 38.1 Å². The molecule has 1 fully saturated rings. The number of hydrogen-bond donors (Lipinski definition) is 1. The second-order valence-corrected chi connectivity index (χ2v) is 12.0. The molecule has 0 bridgehead atoms. The van der Waals surface area contributed by atoms with E-state index in [4.69, 9.17) is 12.2 Å². The summed E-state index contributed by atoms with van der Waals surface area (Å²) in [5, 5.41) is 8.35. The summed E-state index contributed by atoms with van der Waals surface area (Å²) in [5.41, 5.74) is 3.85. The molecule has 0 saturated carbocycles. The van der Waals surface area contributed by atoms with Crippen LogP contribution in [0.15, 0.2) is 78.0 Å². The fourth-order valence-corrected chi connectivity index (χ4v) is 5.90. The van der Waals surface area contributed by atoms with Crippen LogP contribution >= 0.6 is 24.0 Å². The van der Waals surface area contributed by atoms with Crippen molar-refractivity contribution in [2.45, 2.75) is 45.4 Å². The van der Waals surface area contributed by atoms with Crippen LogP contribution < -0.4 is 15.0 Å². The minimum absolute atomic E-state index is 0.0198. The maximum absolute atomic E-state index is 13.9. The SMILES string of the molecule is CC(C)c1cc(F)ccc1N1C(=O)CSC1=NC(=S)NCCCCc1ccc(-c2ncn(-c3ccc(OC(F)(F)F)cc3)n2)cc1. The number of nitrogens with one attached hydrogen (secondary N) is 1. The second kappa shape index (κ2) is 14.4. The maximum Gasteiger partial charge on any atom is 0.573 e. The number of carbonyl (C=O) groups excluding carboxylic acids is 1. The van der Waals surface area contributed by atoms with Crippen LogP contribution in [0.4, 0.5) is 23.2 Å². The summed E-state index contributed by atoms with van der Waals surface area (Å²) in [6.45, 7) is 4.51. The number of unbranched alkanes of at least 4 members (excludes halogenated alkanes) is 1. The van der Waals surface area contributed by atoms with Gasteiger partial charge in [-0.05, 0) is 91.0 Å². The Labute approximate surface area is 272 Å². The average molecular weight is 671 g/mol. The van der Waals surface area contributed by atoms with E-state index in [9.17, 15) is 22.4 Å². The maximum atomic E-state index is 13.9. The van der Waals surface area contributed by atoms with Crippen LogP contribution in [0, 0.1) is 5.82 Å². The Balaban J connectivity index is 1.09. The lowest BCUT2D eigenvalue weighted by Gasteiger charge is -2.21. The van der Waals surface area contributed by atoms with Gasteiger partial charge in [0.25, 0.3) is 0 Å². The van der Waals surface area contributed by atoms with Crippen molar-refractivity contribution in [3.63, 3.8) is 0 Å². The molecule has 1 aliphatic rings. The standard InChI is InChI=1S/C32H30F4N6O2S2/c1-20(2)26-17-23(33)10-15-27(26)42-28(43)18-46-31(42)39-30(45)37-16-4-3-5-21-6-8-22(9-7-21)29-38-19-41(40-29)24-11-13-25(14-12-24)44-32(34,35)36/h6-15,17,19-20H,3-5,16,18H2,1-2H3,(H,37,45). The van der Waals surface area contributed by atoms with Crippen LogP contribution in [-0.2, 0) is 11.2 Å². The number of anilines is 1. The normalized spacial score (nSPS) is 14.4. The molecule has 1 aromatic heterocycles. The molecule has 0 aliphatic carbocycles. The highest BCUT2D eigenvalue weighted by Crippen LogP contribution is 2.34. The molecule has 1 saturated heterocycles. The molecule has 3 aromatic carbocycles. The number of nitrogens with zero attached hydrogens (tertiary/aromatic N) is 5. The van der Waals surface area contributed by atoms with Gasteiger partial charge >= 0.3 is 6.36 Å². The third-order valence-corrected chi connectivity index (χ3v) is 8.18. The third-order valence-electron chi connectivity index (χ3n) is 7.02. The third kappa shape index (κ3) is 8.49. The van der Waals surface area contributed by atoms with Gasteiger partial charge in [-0.3, -0.25) is 9.69 Å².